The molecule has 0 bridgehead atoms. The van der Waals surface area contributed by atoms with Crippen molar-refractivity contribution in [2.75, 3.05) is 20.3 Å². The number of hydrogen-bond donors (Lipinski definition) is 0. The monoisotopic (exact) mass is 442 g/mol. The highest BCUT2D eigenvalue weighted by Gasteiger charge is 2.08. The summed E-state index contributed by atoms with van der Waals surface area (Å²) in [6, 6.07) is 16.1. The minimum Gasteiger partial charge on any atom is -0.460 e. The van der Waals surface area contributed by atoms with Crippen LogP contribution in [-0.4, -0.2) is 26.3 Å². The Hall–Kier alpha value is -2.13. The lowest BCUT2D eigenvalue weighted by atomic mass is 9.95. The predicted molar refractivity (Wildman–Crippen MR) is 139 cm³/mol. The second-order valence-electron chi connectivity index (χ2n) is 7.70. The summed E-state index contributed by atoms with van der Waals surface area (Å²) in [7, 11) is 1.58. The van der Waals surface area contributed by atoms with E-state index in [1.807, 2.05) is 26.0 Å². The number of unbranched alkanes of at least 4 members (excludes halogenated alkanes) is 4. The van der Waals surface area contributed by atoms with E-state index in [9.17, 15) is 4.79 Å². The number of carbonyl (C=O) groups is 1. The van der Waals surface area contributed by atoms with Crippen LogP contribution in [0.2, 0.25) is 0 Å². The number of methoxy groups -OCH3 is 1. The molecule has 2 rings (SSSR count). The summed E-state index contributed by atoms with van der Waals surface area (Å²) in [4.78, 5) is 11.8. The first-order chi connectivity index (χ1) is 15.6. The van der Waals surface area contributed by atoms with Crippen molar-refractivity contribution < 1.29 is 14.3 Å². The number of carbonyl (C=O) groups excluding carboxylic acids is 1. The Morgan fingerprint density at radius 1 is 0.781 bits per heavy atom. The van der Waals surface area contributed by atoms with Crippen LogP contribution in [0.4, 0.5) is 0 Å². The van der Waals surface area contributed by atoms with Gasteiger partial charge in [0, 0.05) is 7.11 Å². The highest BCUT2D eigenvalue weighted by atomic mass is 16.6. The Bertz CT molecular complexity index is 685. The lowest BCUT2D eigenvalue weighted by Crippen LogP contribution is -2.09. The molecule has 1 unspecified atom stereocenters. The zero-order valence-corrected chi connectivity index (χ0v) is 21.6. The zero-order valence-electron chi connectivity index (χ0n) is 21.6. The maximum Gasteiger partial charge on any atom is 0.338 e. The molecule has 2 aromatic carbocycles. The van der Waals surface area contributed by atoms with Gasteiger partial charge >= 0.3 is 5.97 Å². The molecule has 0 aliphatic rings. The van der Waals surface area contributed by atoms with Crippen LogP contribution in [0.25, 0.3) is 11.1 Å². The van der Waals surface area contributed by atoms with Crippen molar-refractivity contribution in [1.82, 2.24) is 0 Å². The molecule has 3 heteroatoms. The Labute approximate surface area is 197 Å². The Morgan fingerprint density at radius 2 is 1.28 bits per heavy atom. The van der Waals surface area contributed by atoms with Crippen molar-refractivity contribution in [3.63, 3.8) is 0 Å². The van der Waals surface area contributed by atoms with Crippen LogP contribution in [0.15, 0.2) is 48.5 Å². The summed E-state index contributed by atoms with van der Waals surface area (Å²) in [5.74, 6) is 0.258. The quantitative estimate of drug-likeness (QED) is 0.258. The molecule has 32 heavy (non-hydrogen) atoms. The molecule has 2 aromatic rings. The molecule has 0 N–H and O–H groups in total. The second kappa shape index (κ2) is 19.5. The number of ether oxygens (including phenoxy) is 2. The molecular formula is C29H46O3. The maximum atomic E-state index is 11.8. The van der Waals surface area contributed by atoms with Crippen molar-refractivity contribution in [1.29, 1.82) is 0 Å². The van der Waals surface area contributed by atoms with Crippen LogP contribution < -0.4 is 0 Å². The van der Waals surface area contributed by atoms with Gasteiger partial charge in [0.1, 0.15) is 6.61 Å². The summed E-state index contributed by atoms with van der Waals surface area (Å²) >= 11 is 0. The summed E-state index contributed by atoms with van der Waals surface area (Å²) in [6.45, 7) is 13.6. The summed E-state index contributed by atoms with van der Waals surface area (Å²) < 4.78 is 9.97. The zero-order chi connectivity index (χ0) is 24.2. The van der Waals surface area contributed by atoms with E-state index in [1.54, 1.807) is 19.2 Å². The number of rotatable bonds is 11. The molecule has 0 aliphatic carbocycles. The van der Waals surface area contributed by atoms with Gasteiger partial charge in [-0.15, -0.1) is 0 Å². The SMILES string of the molecule is CC.CCC(C)c1ccc(-c2ccc(C(=O)OCCOC)cc2)cc1.CCCCCCC. The van der Waals surface area contributed by atoms with Crippen molar-refractivity contribution in [3.05, 3.63) is 59.7 Å². The van der Waals surface area contributed by atoms with Crippen LogP contribution in [0.3, 0.4) is 0 Å². The Morgan fingerprint density at radius 3 is 1.72 bits per heavy atom. The molecule has 3 nitrogen and oxygen atoms in total. The van der Waals surface area contributed by atoms with Gasteiger partial charge in [-0.1, -0.05) is 110 Å². The van der Waals surface area contributed by atoms with Gasteiger partial charge in [0.05, 0.1) is 12.2 Å². The first-order valence-corrected chi connectivity index (χ1v) is 12.4. The molecule has 0 aliphatic heterocycles. The average Bonchev–Trinajstić information content (AvgIpc) is 2.86. The van der Waals surface area contributed by atoms with Gasteiger partial charge in [-0.3, -0.25) is 0 Å². The van der Waals surface area contributed by atoms with Crippen LogP contribution in [0, 0.1) is 0 Å². The third kappa shape index (κ3) is 12.0. The van der Waals surface area contributed by atoms with Crippen molar-refractivity contribution in [2.24, 2.45) is 0 Å². The van der Waals surface area contributed by atoms with E-state index in [0.717, 1.165) is 17.5 Å². The van der Waals surface area contributed by atoms with Crippen LogP contribution in [-0.2, 0) is 9.47 Å². The third-order valence-electron chi connectivity index (χ3n) is 5.27. The fourth-order valence-corrected chi connectivity index (χ4v) is 3.02. The first kappa shape index (κ1) is 29.9. The summed E-state index contributed by atoms with van der Waals surface area (Å²) in [6.07, 6.45) is 8.15. The Kier molecular flexibility index (Phi) is 18.2. The first-order valence-electron chi connectivity index (χ1n) is 12.4. The smallest absolute Gasteiger partial charge is 0.338 e. The van der Waals surface area contributed by atoms with E-state index in [4.69, 9.17) is 9.47 Å². The molecule has 180 valence electrons. The fraction of sp³-hybridized carbons (Fsp3) is 0.552. The molecule has 0 amide bonds. The second-order valence-corrected chi connectivity index (χ2v) is 7.70. The van der Waals surface area contributed by atoms with Gasteiger partial charge in [-0.2, -0.15) is 0 Å². The van der Waals surface area contributed by atoms with Gasteiger partial charge in [0.15, 0.2) is 0 Å². The van der Waals surface area contributed by atoms with Gasteiger partial charge in [-0.05, 0) is 41.2 Å². The van der Waals surface area contributed by atoms with Gasteiger partial charge in [0.25, 0.3) is 0 Å². The van der Waals surface area contributed by atoms with E-state index in [1.165, 1.54) is 37.7 Å². The van der Waals surface area contributed by atoms with Crippen LogP contribution in [0.5, 0.6) is 0 Å². The lowest BCUT2D eigenvalue weighted by molar-refractivity contribution is 0.0388. The maximum absolute atomic E-state index is 11.8. The van der Waals surface area contributed by atoms with Crippen molar-refractivity contribution in [2.45, 2.75) is 86.0 Å². The molecule has 0 spiro atoms. The molecule has 0 heterocycles. The predicted octanol–water partition coefficient (Wildman–Crippen LogP) is 8.67. The van der Waals surface area contributed by atoms with Crippen LogP contribution in [0.1, 0.15) is 102 Å². The minimum atomic E-state index is -0.319. The van der Waals surface area contributed by atoms with E-state index in [0.29, 0.717) is 18.1 Å². The Balaban J connectivity index is 0.000000911. The van der Waals surface area contributed by atoms with E-state index in [-0.39, 0.29) is 12.6 Å². The van der Waals surface area contributed by atoms with Gasteiger partial charge in [0.2, 0.25) is 0 Å². The lowest BCUT2D eigenvalue weighted by Gasteiger charge is -2.10. The molecule has 0 radical (unpaired) electrons. The number of esters is 1. The highest BCUT2D eigenvalue weighted by Crippen LogP contribution is 2.24. The molecular weight excluding hydrogens is 396 g/mol. The largest absolute Gasteiger partial charge is 0.460 e. The summed E-state index contributed by atoms with van der Waals surface area (Å²) in [5, 5.41) is 0. The van der Waals surface area contributed by atoms with Crippen molar-refractivity contribution in [3.8, 4) is 11.1 Å². The third-order valence-corrected chi connectivity index (χ3v) is 5.27. The van der Waals surface area contributed by atoms with Crippen LogP contribution >= 0.6 is 0 Å². The van der Waals surface area contributed by atoms with Gasteiger partial charge < -0.3 is 9.47 Å². The molecule has 0 saturated carbocycles. The number of hydrogen-bond acceptors (Lipinski definition) is 3. The molecule has 0 aromatic heterocycles. The van der Waals surface area contributed by atoms with Gasteiger partial charge in [-0.25, -0.2) is 4.79 Å². The summed E-state index contributed by atoms with van der Waals surface area (Å²) in [5.41, 5.74) is 4.15. The van der Waals surface area contributed by atoms with E-state index < -0.39 is 0 Å². The number of benzene rings is 2. The molecule has 0 fully saturated rings. The average molecular weight is 443 g/mol. The molecule has 0 saturated heterocycles. The minimum absolute atomic E-state index is 0.272. The van der Waals surface area contributed by atoms with Crippen molar-refractivity contribution >= 4 is 5.97 Å². The highest BCUT2D eigenvalue weighted by molar-refractivity contribution is 5.90. The topological polar surface area (TPSA) is 35.5 Å². The molecule has 1 atom stereocenters. The fourth-order valence-electron chi connectivity index (χ4n) is 3.02. The normalized spacial score (nSPS) is 10.8. The van der Waals surface area contributed by atoms with E-state index in [2.05, 4.69) is 52.0 Å². The standard InChI is InChI=1S/C20H24O3.C7H16.C2H6/c1-4-15(2)16-5-7-17(8-6-16)18-9-11-19(12-10-18)20(21)23-14-13-22-3;1-3-5-7-6-4-2;1-2/h5-12,15H,4,13-14H2,1-3H3;3-7H2,1-2H3;1-2H3. The van der Waals surface area contributed by atoms with E-state index >= 15 is 0 Å².